The summed E-state index contributed by atoms with van der Waals surface area (Å²) < 4.78 is 12.2. The molecular formula is C26H30N2O4. The van der Waals surface area contributed by atoms with Crippen LogP contribution in [0.1, 0.15) is 35.6 Å². The zero-order chi connectivity index (χ0) is 22.0. The fraction of sp³-hybridized carbons (Fsp3) is 0.423. The van der Waals surface area contributed by atoms with Gasteiger partial charge in [0.1, 0.15) is 11.7 Å². The lowest BCUT2D eigenvalue weighted by Crippen LogP contribution is -2.57. The topological polar surface area (TPSA) is 66.2 Å². The first-order valence-corrected chi connectivity index (χ1v) is 11.4. The van der Waals surface area contributed by atoms with Crippen molar-refractivity contribution in [1.29, 1.82) is 0 Å². The van der Waals surface area contributed by atoms with E-state index in [-0.39, 0.29) is 18.3 Å². The third-order valence-electron chi connectivity index (χ3n) is 6.85. The van der Waals surface area contributed by atoms with Crippen molar-refractivity contribution in [3.05, 3.63) is 71.5 Å². The molecule has 2 fully saturated rings. The zero-order valence-corrected chi connectivity index (χ0v) is 18.3. The number of carbonyl (C=O) groups excluding carboxylic acids is 1. The first kappa shape index (κ1) is 21.2. The molecule has 2 saturated heterocycles. The molecular weight excluding hydrogens is 404 g/mol. The van der Waals surface area contributed by atoms with Gasteiger partial charge in [-0.25, -0.2) is 0 Å². The number of likely N-dealkylation sites (tertiary alicyclic amines) is 1. The summed E-state index contributed by atoms with van der Waals surface area (Å²) in [5, 5.41) is 10.3. The van der Waals surface area contributed by atoms with Gasteiger partial charge in [-0.1, -0.05) is 30.3 Å². The van der Waals surface area contributed by atoms with Crippen LogP contribution < -0.4 is 0 Å². The number of hydrogen-bond donors (Lipinski definition) is 1. The maximum absolute atomic E-state index is 11.8. The number of nitrogens with zero attached hydrogens (tertiary/aromatic N) is 2. The summed E-state index contributed by atoms with van der Waals surface area (Å²) in [6, 6.07) is 16.6. The molecule has 1 aromatic heterocycles. The second-order valence-electron chi connectivity index (χ2n) is 9.11. The van der Waals surface area contributed by atoms with Crippen molar-refractivity contribution in [1.82, 2.24) is 9.80 Å². The molecule has 1 N–H and O–H groups in total. The van der Waals surface area contributed by atoms with Crippen LogP contribution in [0.3, 0.4) is 0 Å². The van der Waals surface area contributed by atoms with Crippen LogP contribution in [0.4, 0.5) is 0 Å². The van der Waals surface area contributed by atoms with Crippen molar-refractivity contribution >= 4 is 17.4 Å². The second kappa shape index (κ2) is 9.06. The van der Waals surface area contributed by atoms with E-state index in [9.17, 15) is 9.90 Å². The number of morpholine rings is 1. The van der Waals surface area contributed by atoms with Gasteiger partial charge in [-0.2, -0.15) is 0 Å². The lowest BCUT2D eigenvalue weighted by Gasteiger charge is -2.49. The Morgan fingerprint density at radius 3 is 2.75 bits per heavy atom. The van der Waals surface area contributed by atoms with E-state index in [2.05, 4.69) is 35.2 Å². The number of carbonyl (C=O) groups is 1. The number of piperidine rings is 1. The predicted octanol–water partition coefficient (Wildman–Crippen LogP) is 3.53. The predicted molar refractivity (Wildman–Crippen MR) is 122 cm³/mol. The lowest BCUT2D eigenvalue weighted by molar-refractivity contribution is -0.180. The molecule has 168 valence electrons. The van der Waals surface area contributed by atoms with E-state index in [1.807, 2.05) is 23.1 Å². The summed E-state index contributed by atoms with van der Waals surface area (Å²) in [5.74, 6) is 0. The average molecular weight is 435 g/mol. The first-order valence-electron chi connectivity index (χ1n) is 11.4. The molecule has 2 aliphatic rings. The molecule has 1 atom stereocenters. The number of rotatable bonds is 6. The second-order valence-corrected chi connectivity index (χ2v) is 9.11. The Morgan fingerprint density at radius 1 is 1.09 bits per heavy atom. The molecule has 2 aromatic carbocycles. The smallest absolute Gasteiger partial charge is 0.209 e. The molecule has 0 aliphatic carbocycles. The summed E-state index contributed by atoms with van der Waals surface area (Å²) in [6.45, 7) is 4.17. The molecule has 6 heteroatoms. The Bertz CT molecular complexity index is 1070. The minimum atomic E-state index is -0.301. The Hall–Kier alpha value is -2.67. The molecule has 5 rings (SSSR count). The number of furan rings is 1. The SMILES string of the molecule is O=CN1CC(c2ccc3occc3c2)OC2(CCN(Cc3cccc(CCO)c3)CC2)C1. The van der Waals surface area contributed by atoms with Crippen LogP contribution in [0, 0.1) is 0 Å². The highest BCUT2D eigenvalue weighted by molar-refractivity contribution is 5.77. The third kappa shape index (κ3) is 4.44. The highest BCUT2D eigenvalue weighted by Gasteiger charge is 2.43. The summed E-state index contributed by atoms with van der Waals surface area (Å²) in [7, 11) is 0. The molecule has 0 saturated carbocycles. The van der Waals surface area contributed by atoms with Crippen molar-refractivity contribution in [3.8, 4) is 0 Å². The molecule has 32 heavy (non-hydrogen) atoms. The van der Waals surface area contributed by atoms with Crippen LogP contribution in [-0.4, -0.2) is 59.7 Å². The van der Waals surface area contributed by atoms with Gasteiger partial charge >= 0.3 is 0 Å². The largest absolute Gasteiger partial charge is 0.464 e. The molecule has 1 amide bonds. The van der Waals surface area contributed by atoms with Crippen LogP contribution in [-0.2, 0) is 22.5 Å². The van der Waals surface area contributed by atoms with E-state index in [0.717, 1.165) is 55.4 Å². The van der Waals surface area contributed by atoms with Gasteiger partial charge in [-0.15, -0.1) is 0 Å². The summed E-state index contributed by atoms with van der Waals surface area (Å²) in [5.41, 5.74) is 4.10. The van der Waals surface area contributed by atoms with Gasteiger partial charge in [0, 0.05) is 38.2 Å². The molecule has 2 aliphatic heterocycles. The standard InChI is InChI=1S/C26H30N2O4/c29-12-6-20-2-1-3-21(14-20)16-27-10-8-26(9-11-27)18-28(19-30)17-25(32-26)22-4-5-24-23(15-22)7-13-31-24/h1-5,7,13-15,19,25,29H,6,8-12,16-18H2. The highest BCUT2D eigenvalue weighted by atomic mass is 16.5. The molecule has 1 unspecified atom stereocenters. The number of aliphatic hydroxyl groups is 1. The van der Waals surface area contributed by atoms with Crippen LogP contribution in [0.25, 0.3) is 11.0 Å². The number of benzene rings is 2. The van der Waals surface area contributed by atoms with Gasteiger partial charge in [0.25, 0.3) is 0 Å². The number of ether oxygens (including phenoxy) is 1. The Labute approximate surface area is 188 Å². The van der Waals surface area contributed by atoms with E-state index < -0.39 is 0 Å². The Morgan fingerprint density at radius 2 is 1.94 bits per heavy atom. The van der Waals surface area contributed by atoms with Crippen molar-refractivity contribution in [3.63, 3.8) is 0 Å². The van der Waals surface area contributed by atoms with Gasteiger partial charge in [0.05, 0.1) is 18.4 Å². The van der Waals surface area contributed by atoms with Crippen LogP contribution in [0.15, 0.2) is 59.2 Å². The van der Waals surface area contributed by atoms with Crippen LogP contribution >= 0.6 is 0 Å². The Balaban J connectivity index is 1.27. The lowest BCUT2D eigenvalue weighted by atomic mass is 9.87. The van der Waals surface area contributed by atoms with E-state index in [1.54, 1.807) is 6.26 Å². The van der Waals surface area contributed by atoms with Gasteiger partial charge in [0.2, 0.25) is 6.41 Å². The average Bonchev–Trinajstić information content (AvgIpc) is 3.29. The van der Waals surface area contributed by atoms with E-state index in [4.69, 9.17) is 9.15 Å². The third-order valence-corrected chi connectivity index (χ3v) is 6.85. The minimum Gasteiger partial charge on any atom is -0.464 e. The molecule has 3 aromatic rings. The van der Waals surface area contributed by atoms with Gasteiger partial charge < -0.3 is 19.2 Å². The zero-order valence-electron chi connectivity index (χ0n) is 18.3. The maximum atomic E-state index is 11.8. The van der Waals surface area contributed by atoms with E-state index >= 15 is 0 Å². The normalized spacial score (nSPS) is 21.3. The molecule has 6 nitrogen and oxygen atoms in total. The number of fused-ring (bicyclic) bond motifs is 1. The van der Waals surface area contributed by atoms with Gasteiger partial charge in [-0.3, -0.25) is 9.69 Å². The summed E-state index contributed by atoms with van der Waals surface area (Å²) in [6.07, 6.45) is 5.03. The number of amides is 1. The summed E-state index contributed by atoms with van der Waals surface area (Å²) in [4.78, 5) is 16.1. The fourth-order valence-electron chi connectivity index (χ4n) is 5.13. The molecule has 1 spiro atoms. The van der Waals surface area contributed by atoms with Gasteiger partial charge in [-0.05, 0) is 54.2 Å². The van der Waals surface area contributed by atoms with Crippen LogP contribution in [0.2, 0.25) is 0 Å². The van der Waals surface area contributed by atoms with Crippen molar-refractivity contribution in [2.24, 2.45) is 0 Å². The monoisotopic (exact) mass is 434 g/mol. The molecule has 0 bridgehead atoms. The van der Waals surface area contributed by atoms with Gasteiger partial charge in [0.15, 0.2) is 0 Å². The van der Waals surface area contributed by atoms with Crippen molar-refractivity contribution in [2.75, 3.05) is 32.8 Å². The molecule has 0 radical (unpaired) electrons. The van der Waals surface area contributed by atoms with E-state index in [1.165, 1.54) is 11.1 Å². The maximum Gasteiger partial charge on any atom is 0.209 e. The highest BCUT2D eigenvalue weighted by Crippen LogP contribution is 2.38. The quantitative estimate of drug-likeness (QED) is 0.602. The van der Waals surface area contributed by atoms with Crippen molar-refractivity contribution in [2.45, 2.75) is 37.5 Å². The summed E-state index contributed by atoms with van der Waals surface area (Å²) >= 11 is 0. The van der Waals surface area contributed by atoms with Crippen LogP contribution in [0.5, 0.6) is 0 Å². The minimum absolute atomic E-state index is 0.130. The fourth-order valence-corrected chi connectivity index (χ4v) is 5.13. The number of hydrogen-bond acceptors (Lipinski definition) is 5. The Kier molecular flexibility index (Phi) is 6.00. The van der Waals surface area contributed by atoms with E-state index in [0.29, 0.717) is 19.5 Å². The van der Waals surface area contributed by atoms with Crippen molar-refractivity contribution < 1.29 is 19.1 Å². The molecule has 3 heterocycles. The number of aliphatic hydroxyl groups excluding tert-OH is 1. The first-order chi connectivity index (χ1) is 15.7.